The Kier molecular flexibility index (Phi) is 6.93. The van der Waals surface area contributed by atoms with Crippen LogP contribution in [-0.4, -0.2) is 20.2 Å². The van der Waals surface area contributed by atoms with Gasteiger partial charge in [-0.2, -0.15) is 10.2 Å². The molecule has 0 saturated carbocycles. The first-order valence-corrected chi connectivity index (χ1v) is 14.1. The summed E-state index contributed by atoms with van der Waals surface area (Å²) in [5.41, 5.74) is 7.19. The summed E-state index contributed by atoms with van der Waals surface area (Å²) in [7, 11) is 0. The predicted octanol–water partition coefficient (Wildman–Crippen LogP) is 7.97. The minimum absolute atomic E-state index is 0.0259. The minimum Gasteiger partial charge on any atom is -0.258 e. The van der Waals surface area contributed by atoms with E-state index in [1.807, 2.05) is 12.4 Å². The van der Waals surface area contributed by atoms with Crippen molar-refractivity contribution in [1.29, 1.82) is 0 Å². The van der Waals surface area contributed by atoms with E-state index in [2.05, 4.69) is 87.5 Å². The van der Waals surface area contributed by atoms with E-state index in [-0.39, 0.29) is 21.7 Å². The third-order valence-corrected chi connectivity index (χ3v) is 9.32. The molecule has 4 heteroatoms. The third kappa shape index (κ3) is 5.11. The molecule has 0 N–H and O–H groups in total. The van der Waals surface area contributed by atoms with E-state index in [0.29, 0.717) is 23.7 Å². The minimum atomic E-state index is 0.0259. The standard InChI is InChI=1S/C32H50N4/c1-29(2,3)22-13-12-21-20(19-35-36-27(21)25(22)31(7,8)9)18-32(10,11)26-23(30(4,5)6)14-15-24-28(26)34-17-16-33-24/h16-17,19,22-23,25-26H,12-15,18H2,1-11H3. The molecule has 4 unspecified atom stereocenters. The largest absolute Gasteiger partial charge is 0.258 e. The van der Waals surface area contributed by atoms with Gasteiger partial charge in [-0.15, -0.1) is 0 Å². The molecular weight excluding hydrogens is 440 g/mol. The van der Waals surface area contributed by atoms with Gasteiger partial charge >= 0.3 is 0 Å². The lowest BCUT2D eigenvalue weighted by Crippen LogP contribution is -2.41. The van der Waals surface area contributed by atoms with E-state index in [1.54, 1.807) is 0 Å². The Balaban J connectivity index is 1.77. The molecule has 0 bridgehead atoms. The second-order valence-corrected chi connectivity index (χ2v) is 15.6. The maximum Gasteiger partial charge on any atom is 0.0704 e. The first-order valence-electron chi connectivity index (χ1n) is 14.1. The van der Waals surface area contributed by atoms with Crippen LogP contribution in [0.15, 0.2) is 18.6 Å². The lowest BCUT2D eigenvalue weighted by atomic mass is 9.56. The molecule has 0 saturated heterocycles. The third-order valence-electron chi connectivity index (χ3n) is 9.32. The summed E-state index contributed by atoms with van der Waals surface area (Å²) in [4.78, 5) is 9.71. The first-order chi connectivity index (χ1) is 16.5. The second-order valence-electron chi connectivity index (χ2n) is 15.6. The molecule has 2 aromatic heterocycles. The highest BCUT2D eigenvalue weighted by atomic mass is 15.1. The molecule has 0 spiro atoms. The fourth-order valence-electron chi connectivity index (χ4n) is 7.69. The van der Waals surface area contributed by atoms with E-state index >= 15 is 0 Å². The van der Waals surface area contributed by atoms with Crippen LogP contribution >= 0.6 is 0 Å². The molecule has 36 heavy (non-hydrogen) atoms. The van der Waals surface area contributed by atoms with Gasteiger partial charge in [-0.1, -0.05) is 76.2 Å². The van der Waals surface area contributed by atoms with Crippen molar-refractivity contribution in [3.05, 3.63) is 46.8 Å². The van der Waals surface area contributed by atoms with Crippen LogP contribution in [0.2, 0.25) is 0 Å². The monoisotopic (exact) mass is 490 g/mol. The van der Waals surface area contributed by atoms with Gasteiger partial charge in [0.25, 0.3) is 0 Å². The summed E-state index contributed by atoms with van der Waals surface area (Å²) in [6.45, 7) is 26.5. The van der Waals surface area contributed by atoms with Crippen molar-refractivity contribution in [3.8, 4) is 0 Å². The molecule has 4 atom stereocenters. The molecule has 0 aliphatic heterocycles. The molecule has 0 fully saturated rings. The zero-order valence-electron chi connectivity index (χ0n) is 24.9. The number of fused-ring (bicyclic) bond motifs is 2. The molecule has 2 aliphatic carbocycles. The topological polar surface area (TPSA) is 51.6 Å². The van der Waals surface area contributed by atoms with Crippen molar-refractivity contribution in [3.63, 3.8) is 0 Å². The Morgan fingerprint density at radius 1 is 0.694 bits per heavy atom. The fourth-order valence-corrected chi connectivity index (χ4v) is 7.69. The van der Waals surface area contributed by atoms with Gasteiger partial charge in [-0.05, 0) is 76.7 Å². The average Bonchev–Trinajstić information content (AvgIpc) is 2.75. The molecule has 198 valence electrons. The van der Waals surface area contributed by atoms with Crippen LogP contribution in [-0.2, 0) is 19.3 Å². The number of aromatic nitrogens is 4. The van der Waals surface area contributed by atoms with E-state index in [1.165, 1.54) is 41.1 Å². The molecule has 2 aliphatic rings. The Morgan fingerprint density at radius 2 is 1.28 bits per heavy atom. The molecule has 0 radical (unpaired) electrons. The highest BCUT2D eigenvalue weighted by Crippen LogP contribution is 2.55. The van der Waals surface area contributed by atoms with Gasteiger partial charge in [0.2, 0.25) is 0 Å². The van der Waals surface area contributed by atoms with Gasteiger partial charge in [-0.25, -0.2) is 0 Å². The number of aryl methyl sites for hydroxylation is 1. The smallest absolute Gasteiger partial charge is 0.0704 e. The highest BCUT2D eigenvalue weighted by Gasteiger charge is 2.48. The van der Waals surface area contributed by atoms with Crippen molar-refractivity contribution in [2.45, 2.75) is 120 Å². The number of nitrogens with zero attached hydrogens (tertiary/aromatic N) is 4. The summed E-state index contributed by atoms with van der Waals surface area (Å²) in [6.07, 6.45) is 11.4. The van der Waals surface area contributed by atoms with E-state index in [9.17, 15) is 0 Å². The predicted molar refractivity (Wildman–Crippen MR) is 149 cm³/mol. The number of hydrogen-bond acceptors (Lipinski definition) is 4. The number of rotatable bonds is 3. The molecule has 4 rings (SSSR count). The number of hydrogen-bond donors (Lipinski definition) is 0. The van der Waals surface area contributed by atoms with Gasteiger partial charge in [0.15, 0.2) is 0 Å². The maximum absolute atomic E-state index is 4.95. The van der Waals surface area contributed by atoms with Crippen molar-refractivity contribution >= 4 is 0 Å². The van der Waals surface area contributed by atoms with Crippen molar-refractivity contribution in [2.75, 3.05) is 0 Å². The van der Waals surface area contributed by atoms with Crippen LogP contribution < -0.4 is 0 Å². The van der Waals surface area contributed by atoms with E-state index < -0.39 is 0 Å². The van der Waals surface area contributed by atoms with Crippen molar-refractivity contribution < 1.29 is 0 Å². The Bertz CT molecular complexity index is 1080. The Morgan fingerprint density at radius 3 is 1.89 bits per heavy atom. The van der Waals surface area contributed by atoms with E-state index in [0.717, 1.165) is 19.3 Å². The Labute approximate surface area is 220 Å². The molecule has 0 aromatic carbocycles. The summed E-state index contributed by atoms with van der Waals surface area (Å²) in [6, 6.07) is 0. The van der Waals surface area contributed by atoms with Crippen LogP contribution in [0.4, 0.5) is 0 Å². The molecular formula is C32H50N4. The summed E-state index contributed by atoms with van der Waals surface area (Å²) >= 11 is 0. The van der Waals surface area contributed by atoms with Crippen LogP contribution in [0.1, 0.15) is 129 Å². The highest BCUT2D eigenvalue weighted by molar-refractivity contribution is 5.36. The van der Waals surface area contributed by atoms with Crippen molar-refractivity contribution in [2.24, 2.45) is 33.5 Å². The van der Waals surface area contributed by atoms with Crippen LogP contribution in [0.3, 0.4) is 0 Å². The molecule has 4 nitrogen and oxygen atoms in total. The van der Waals surface area contributed by atoms with Crippen LogP contribution in [0, 0.1) is 33.5 Å². The summed E-state index contributed by atoms with van der Waals surface area (Å²) in [5.74, 6) is 1.95. The Hall–Kier alpha value is -1.84. The zero-order valence-corrected chi connectivity index (χ0v) is 24.9. The van der Waals surface area contributed by atoms with Crippen LogP contribution in [0.5, 0.6) is 0 Å². The second kappa shape index (κ2) is 9.17. The first kappa shape index (κ1) is 27.2. The van der Waals surface area contributed by atoms with Gasteiger partial charge < -0.3 is 0 Å². The molecule has 2 heterocycles. The van der Waals surface area contributed by atoms with Gasteiger partial charge in [0.1, 0.15) is 0 Å². The van der Waals surface area contributed by atoms with Crippen LogP contribution in [0.25, 0.3) is 0 Å². The molecule has 0 amide bonds. The summed E-state index contributed by atoms with van der Waals surface area (Å²) < 4.78 is 0. The maximum atomic E-state index is 4.95. The summed E-state index contributed by atoms with van der Waals surface area (Å²) in [5, 5.41) is 9.49. The lowest BCUT2D eigenvalue weighted by molar-refractivity contribution is 0.0922. The lowest BCUT2D eigenvalue weighted by Gasteiger charge is -2.49. The zero-order chi connectivity index (χ0) is 26.7. The van der Waals surface area contributed by atoms with Gasteiger partial charge in [-0.3, -0.25) is 9.97 Å². The van der Waals surface area contributed by atoms with Crippen molar-refractivity contribution in [1.82, 2.24) is 20.2 Å². The normalized spacial score (nSPS) is 25.3. The SMILES string of the molecule is CC(C)(C)C1CCc2c(CC(C)(C)C3c4nccnc4CCC3C(C)(C)C)cnnc2C1C(C)(C)C. The molecule has 2 aromatic rings. The van der Waals surface area contributed by atoms with E-state index in [4.69, 9.17) is 15.1 Å². The average molecular weight is 491 g/mol. The fraction of sp³-hybridized carbons (Fsp3) is 0.750. The van der Waals surface area contributed by atoms with Gasteiger partial charge in [0.05, 0.1) is 23.3 Å². The van der Waals surface area contributed by atoms with Gasteiger partial charge in [0, 0.05) is 24.2 Å². The quantitative estimate of drug-likeness (QED) is 0.438.